The lowest BCUT2D eigenvalue weighted by atomic mass is 9.99. The number of fused-ring (bicyclic) bond motifs is 1. The van der Waals surface area contributed by atoms with E-state index in [4.69, 9.17) is 9.47 Å². The van der Waals surface area contributed by atoms with Crippen molar-refractivity contribution in [3.8, 4) is 11.5 Å². The molecule has 5 rings (SSSR count). The van der Waals surface area contributed by atoms with Crippen molar-refractivity contribution in [1.29, 1.82) is 0 Å². The second-order valence-electron chi connectivity index (χ2n) is 10.4. The standard InChI is InChI=1S/C31H40N6O3/c1-5-35-16-18-36(19-17-35)27-9-6-8-24-25(27)21-37(30(24)38)26(23-11-12-28(39-3)29(20-23)40-4)10-7-14-32-31-33-15-13-22(2)34-31/h6,8-9,11-13,15,20,26H,5,7,10,14,16-19,21H2,1-4H3,(H,32,33,34)/t26-/m1/s1. The number of aromatic nitrogens is 2. The van der Waals surface area contributed by atoms with Crippen molar-refractivity contribution >= 4 is 17.5 Å². The third-order valence-electron chi connectivity index (χ3n) is 8.03. The minimum absolute atomic E-state index is 0.0822. The zero-order valence-corrected chi connectivity index (χ0v) is 24.0. The van der Waals surface area contributed by atoms with E-state index in [0.717, 1.165) is 67.9 Å². The Morgan fingerprint density at radius 2 is 1.82 bits per heavy atom. The summed E-state index contributed by atoms with van der Waals surface area (Å²) in [5.41, 5.74) is 5.09. The molecule has 2 aliphatic rings. The van der Waals surface area contributed by atoms with E-state index in [-0.39, 0.29) is 11.9 Å². The van der Waals surface area contributed by atoms with Gasteiger partial charge in [-0.25, -0.2) is 9.97 Å². The van der Waals surface area contributed by atoms with Gasteiger partial charge in [-0.3, -0.25) is 4.79 Å². The first-order valence-electron chi connectivity index (χ1n) is 14.2. The van der Waals surface area contributed by atoms with Gasteiger partial charge in [0.15, 0.2) is 11.5 Å². The number of aryl methyl sites for hydroxylation is 1. The molecule has 0 unspecified atom stereocenters. The van der Waals surface area contributed by atoms with Crippen LogP contribution >= 0.6 is 0 Å². The fourth-order valence-corrected chi connectivity index (χ4v) is 5.78. The summed E-state index contributed by atoms with van der Waals surface area (Å²) in [6.45, 7) is 10.6. The van der Waals surface area contributed by atoms with Crippen molar-refractivity contribution in [1.82, 2.24) is 19.8 Å². The Morgan fingerprint density at radius 3 is 2.55 bits per heavy atom. The maximum absolute atomic E-state index is 13.9. The summed E-state index contributed by atoms with van der Waals surface area (Å²) < 4.78 is 11.1. The predicted octanol–water partition coefficient (Wildman–Crippen LogP) is 4.53. The summed E-state index contributed by atoms with van der Waals surface area (Å²) >= 11 is 0. The third kappa shape index (κ3) is 5.84. The van der Waals surface area contributed by atoms with Crippen molar-refractivity contribution in [2.24, 2.45) is 0 Å². The Bertz CT molecular complexity index is 1320. The van der Waals surface area contributed by atoms with Crippen LogP contribution in [-0.4, -0.2) is 79.2 Å². The molecular weight excluding hydrogens is 504 g/mol. The number of rotatable bonds is 11. The second-order valence-corrected chi connectivity index (χ2v) is 10.4. The normalized spacial score (nSPS) is 16.1. The Kier molecular flexibility index (Phi) is 8.69. The number of amides is 1. The van der Waals surface area contributed by atoms with Crippen LogP contribution in [0.25, 0.3) is 0 Å². The van der Waals surface area contributed by atoms with Crippen LogP contribution in [0.1, 0.15) is 53.0 Å². The molecule has 212 valence electrons. The Labute approximate surface area is 237 Å². The molecule has 9 nitrogen and oxygen atoms in total. The predicted molar refractivity (Wildman–Crippen MR) is 157 cm³/mol. The zero-order valence-electron chi connectivity index (χ0n) is 24.0. The molecule has 1 atom stereocenters. The molecule has 40 heavy (non-hydrogen) atoms. The van der Waals surface area contributed by atoms with Gasteiger partial charge < -0.3 is 29.5 Å². The van der Waals surface area contributed by atoms with Gasteiger partial charge in [0.25, 0.3) is 5.91 Å². The highest BCUT2D eigenvalue weighted by Gasteiger charge is 2.36. The highest BCUT2D eigenvalue weighted by molar-refractivity contribution is 6.00. The minimum Gasteiger partial charge on any atom is -0.493 e. The fourth-order valence-electron chi connectivity index (χ4n) is 5.78. The maximum Gasteiger partial charge on any atom is 0.255 e. The quantitative estimate of drug-likeness (QED) is 0.353. The SMILES string of the molecule is CCN1CCN(c2cccc3c2CN([C@H](CCCNc2nccc(C)n2)c2ccc(OC)c(OC)c2)C3=O)CC1. The van der Waals surface area contributed by atoms with Gasteiger partial charge in [-0.05, 0) is 62.2 Å². The van der Waals surface area contributed by atoms with E-state index in [0.29, 0.717) is 30.5 Å². The van der Waals surface area contributed by atoms with Crippen LogP contribution in [0, 0.1) is 6.92 Å². The molecule has 3 heterocycles. The van der Waals surface area contributed by atoms with Crippen LogP contribution in [0.2, 0.25) is 0 Å². The summed E-state index contributed by atoms with van der Waals surface area (Å²) in [5.74, 6) is 2.04. The lowest BCUT2D eigenvalue weighted by Gasteiger charge is -2.36. The summed E-state index contributed by atoms with van der Waals surface area (Å²) in [4.78, 5) is 29.6. The maximum atomic E-state index is 13.9. The molecule has 9 heteroatoms. The van der Waals surface area contributed by atoms with Crippen LogP contribution in [0.15, 0.2) is 48.7 Å². The van der Waals surface area contributed by atoms with Crippen LogP contribution in [-0.2, 0) is 6.54 Å². The number of carbonyl (C=O) groups excluding carboxylic acids is 1. The van der Waals surface area contributed by atoms with E-state index in [1.807, 2.05) is 48.2 Å². The molecule has 1 amide bonds. The van der Waals surface area contributed by atoms with E-state index < -0.39 is 0 Å². The fraction of sp³-hybridized carbons (Fsp3) is 0.452. The van der Waals surface area contributed by atoms with Gasteiger partial charge in [0.05, 0.1) is 20.3 Å². The molecule has 1 saturated heterocycles. The number of nitrogens with one attached hydrogen (secondary N) is 1. The van der Waals surface area contributed by atoms with E-state index in [2.05, 4.69) is 38.1 Å². The number of nitrogens with zero attached hydrogens (tertiary/aromatic N) is 5. The molecule has 1 fully saturated rings. The molecule has 2 aromatic carbocycles. The van der Waals surface area contributed by atoms with Gasteiger partial charge in [0, 0.05) is 68.0 Å². The molecule has 0 saturated carbocycles. The van der Waals surface area contributed by atoms with E-state index in [9.17, 15) is 4.79 Å². The lowest BCUT2D eigenvalue weighted by Crippen LogP contribution is -2.46. The number of ether oxygens (including phenoxy) is 2. The third-order valence-corrected chi connectivity index (χ3v) is 8.03. The van der Waals surface area contributed by atoms with Crippen molar-refractivity contribution in [3.63, 3.8) is 0 Å². The number of anilines is 2. The lowest BCUT2D eigenvalue weighted by molar-refractivity contribution is 0.0690. The second kappa shape index (κ2) is 12.6. The van der Waals surface area contributed by atoms with E-state index in [1.165, 1.54) is 5.69 Å². The molecule has 0 spiro atoms. The molecular formula is C31H40N6O3. The first-order chi connectivity index (χ1) is 19.5. The molecule has 0 aliphatic carbocycles. The number of piperazine rings is 1. The van der Waals surface area contributed by atoms with Crippen molar-refractivity contribution in [3.05, 3.63) is 71.0 Å². The van der Waals surface area contributed by atoms with Crippen LogP contribution < -0.4 is 19.7 Å². The Hall–Kier alpha value is -3.85. The number of benzene rings is 2. The molecule has 1 aromatic heterocycles. The van der Waals surface area contributed by atoms with E-state index >= 15 is 0 Å². The van der Waals surface area contributed by atoms with Gasteiger partial charge >= 0.3 is 0 Å². The average Bonchev–Trinajstić information content (AvgIpc) is 3.33. The minimum atomic E-state index is -0.121. The average molecular weight is 545 g/mol. The van der Waals surface area contributed by atoms with Crippen molar-refractivity contribution in [2.75, 3.05) is 63.7 Å². The topological polar surface area (TPSA) is 83.1 Å². The van der Waals surface area contributed by atoms with Crippen molar-refractivity contribution in [2.45, 2.75) is 39.3 Å². The van der Waals surface area contributed by atoms with Crippen molar-refractivity contribution < 1.29 is 14.3 Å². The molecule has 0 radical (unpaired) electrons. The van der Waals surface area contributed by atoms with Crippen LogP contribution in [0.4, 0.5) is 11.6 Å². The highest BCUT2D eigenvalue weighted by atomic mass is 16.5. The summed E-state index contributed by atoms with van der Waals surface area (Å²) in [5, 5.41) is 3.33. The van der Waals surface area contributed by atoms with Crippen LogP contribution in [0.3, 0.4) is 0 Å². The van der Waals surface area contributed by atoms with Gasteiger partial charge in [0.1, 0.15) is 0 Å². The smallest absolute Gasteiger partial charge is 0.255 e. The first-order valence-corrected chi connectivity index (χ1v) is 14.2. The number of hydrogen-bond acceptors (Lipinski definition) is 8. The number of methoxy groups -OCH3 is 2. The molecule has 3 aromatic rings. The number of carbonyl (C=O) groups is 1. The number of hydrogen-bond donors (Lipinski definition) is 1. The zero-order chi connectivity index (χ0) is 28.1. The van der Waals surface area contributed by atoms with Gasteiger partial charge in [-0.1, -0.05) is 19.1 Å². The van der Waals surface area contributed by atoms with E-state index in [1.54, 1.807) is 20.4 Å². The van der Waals surface area contributed by atoms with Gasteiger partial charge in [0.2, 0.25) is 5.95 Å². The molecule has 1 N–H and O–H groups in total. The Morgan fingerprint density at radius 1 is 1.02 bits per heavy atom. The molecule has 2 aliphatic heterocycles. The summed E-state index contributed by atoms with van der Waals surface area (Å²) in [6, 6.07) is 13.9. The van der Waals surface area contributed by atoms with Gasteiger partial charge in [-0.15, -0.1) is 0 Å². The largest absolute Gasteiger partial charge is 0.493 e. The molecule has 0 bridgehead atoms. The van der Waals surface area contributed by atoms with Crippen LogP contribution in [0.5, 0.6) is 11.5 Å². The monoisotopic (exact) mass is 544 g/mol. The summed E-state index contributed by atoms with van der Waals surface area (Å²) in [7, 11) is 3.28. The summed E-state index contributed by atoms with van der Waals surface area (Å²) in [6.07, 6.45) is 3.37. The highest BCUT2D eigenvalue weighted by Crippen LogP contribution is 2.40. The Balaban J connectivity index is 1.38. The first kappa shape index (κ1) is 27.7. The number of likely N-dealkylation sites (N-methyl/N-ethyl adjacent to an activating group) is 1. The van der Waals surface area contributed by atoms with Gasteiger partial charge in [-0.2, -0.15) is 0 Å².